The third-order valence-electron chi connectivity index (χ3n) is 3.14. The van der Waals surface area contributed by atoms with E-state index in [1.165, 1.54) is 22.4 Å². The van der Waals surface area contributed by atoms with E-state index in [1.807, 2.05) is 0 Å². The normalized spacial score (nSPS) is 15.2. The molecule has 2 aromatic rings. The standard InChI is InChI=1S/C11H14N4O2S2/c1-7-10(6-12-14-7)19(16,17)15-11-13-8-4-2-3-5-9(8)18-11/h6H,2-5H2,1H3,(H,12,14)(H,13,15). The highest BCUT2D eigenvalue weighted by Gasteiger charge is 2.22. The SMILES string of the molecule is Cc1[nH]ncc1S(=O)(=O)Nc1nc2c(s1)CCCC2. The van der Waals surface area contributed by atoms with Crippen molar-refractivity contribution in [2.75, 3.05) is 4.72 Å². The maximum absolute atomic E-state index is 12.2. The zero-order valence-electron chi connectivity index (χ0n) is 10.4. The van der Waals surface area contributed by atoms with Gasteiger partial charge in [0.05, 0.1) is 17.6 Å². The lowest BCUT2D eigenvalue weighted by atomic mass is 10.0. The fourth-order valence-electron chi connectivity index (χ4n) is 2.18. The number of sulfonamides is 1. The monoisotopic (exact) mass is 298 g/mol. The molecule has 0 bridgehead atoms. The maximum Gasteiger partial charge on any atom is 0.267 e. The van der Waals surface area contributed by atoms with Gasteiger partial charge in [0.1, 0.15) is 4.90 Å². The van der Waals surface area contributed by atoms with Crippen molar-refractivity contribution < 1.29 is 8.42 Å². The minimum absolute atomic E-state index is 0.167. The Morgan fingerprint density at radius 1 is 1.37 bits per heavy atom. The summed E-state index contributed by atoms with van der Waals surface area (Å²) in [6.07, 6.45) is 5.54. The number of H-pyrrole nitrogens is 1. The number of anilines is 1. The molecule has 2 N–H and O–H groups in total. The van der Waals surface area contributed by atoms with Crippen molar-refractivity contribution in [1.29, 1.82) is 0 Å². The molecule has 2 heterocycles. The van der Waals surface area contributed by atoms with Gasteiger partial charge in [0.25, 0.3) is 10.0 Å². The highest BCUT2D eigenvalue weighted by molar-refractivity contribution is 7.93. The molecule has 6 nitrogen and oxygen atoms in total. The third kappa shape index (κ3) is 2.37. The van der Waals surface area contributed by atoms with Gasteiger partial charge in [-0.15, -0.1) is 11.3 Å². The molecular formula is C11H14N4O2S2. The summed E-state index contributed by atoms with van der Waals surface area (Å²) in [6.45, 7) is 1.68. The molecule has 0 radical (unpaired) electrons. The first-order chi connectivity index (χ1) is 9.06. The van der Waals surface area contributed by atoms with Crippen LogP contribution in [0.4, 0.5) is 5.13 Å². The second-order valence-corrected chi connectivity index (χ2v) is 7.30. The summed E-state index contributed by atoms with van der Waals surface area (Å²) < 4.78 is 26.9. The van der Waals surface area contributed by atoms with E-state index >= 15 is 0 Å². The van der Waals surface area contributed by atoms with Crippen molar-refractivity contribution in [3.05, 3.63) is 22.5 Å². The van der Waals surface area contributed by atoms with Crippen LogP contribution >= 0.6 is 11.3 Å². The number of hydrogen-bond donors (Lipinski definition) is 2. The maximum atomic E-state index is 12.2. The molecule has 0 saturated carbocycles. The fraction of sp³-hybridized carbons (Fsp3) is 0.455. The molecule has 102 valence electrons. The van der Waals surface area contributed by atoms with Crippen molar-refractivity contribution >= 4 is 26.5 Å². The molecule has 0 unspecified atom stereocenters. The smallest absolute Gasteiger partial charge is 0.267 e. The molecule has 0 atom stereocenters. The van der Waals surface area contributed by atoms with E-state index in [0.717, 1.165) is 31.4 Å². The average molecular weight is 298 g/mol. The molecule has 0 saturated heterocycles. The van der Waals surface area contributed by atoms with Gasteiger partial charge in [-0.05, 0) is 32.6 Å². The highest BCUT2D eigenvalue weighted by atomic mass is 32.2. The number of hydrogen-bond acceptors (Lipinski definition) is 5. The fourth-order valence-corrected chi connectivity index (χ4v) is 4.60. The molecule has 2 aromatic heterocycles. The van der Waals surface area contributed by atoms with Crippen molar-refractivity contribution in [3.63, 3.8) is 0 Å². The molecule has 0 amide bonds. The van der Waals surface area contributed by atoms with E-state index in [1.54, 1.807) is 6.92 Å². The number of thiazole rings is 1. The zero-order chi connectivity index (χ0) is 13.5. The predicted molar refractivity (Wildman–Crippen MR) is 72.9 cm³/mol. The van der Waals surface area contributed by atoms with E-state index in [-0.39, 0.29) is 4.90 Å². The van der Waals surface area contributed by atoms with E-state index in [2.05, 4.69) is 19.9 Å². The Morgan fingerprint density at radius 3 is 2.84 bits per heavy atom. The Kier molecular flexibility index (Phi) is 3.06. The van der Waals surface area contributed by atoms with Crippen LogP contribution in [0.1, 0.15) is 29.1 Å². The van der Waals surface area contributed by atoms with Gasteiger partial charge in [0.2, 0.25) is 0 Å². The van der Waals surface area contributed by atoms with Crippen LogP contribution < -0.4 is 4.72 Å². The van der Waals surface area contributed by atoms with Gasteiger partial charge in [-0.1, -0.05) is 0 Å². The minimum Gasteiger partial charge on any atom is -0.281 e. The van der Waals surface area contributed by atoms with Crippen LogP contribution in [0.15, 0.2) is 11.1 Å². The first kappa shape index (κ1) is 12.6. The second kappa shape index (κ2) is 4.61. The van der Waals surface area contributed by atoms with Gasteiger partial charge < -0.3 is 0 Å². The molecule has 1 aliphatic rings. The second-order valence-electron chi connectivity index (χ2n) is 4.56. The average Bonchev–Trinajstić information content (AvgIpc) is 2.93. The summed E-state index contributed by atoms with van der Waals surface area (Å²) >= 11 is 1.43. The summed E-state index contributed by atoms with van der Waals surface area (Å²) in [4.78, 5) is 5.74. The molecule has 0 aromatic carbocycles. The van der Waals surface area contributed by atoms with Crippen LogP contribution in [-0.4, -0.2) is 23.6 Å². The van der Waals surface area contributed by atoms with Crippen LogP contribution in [0.5, 0.6) is 0 Å². The number of rotatable bonds is 3. The van der Waals surface area contributed by atoms with Crippen molar-refractivity contribution in [3.8, 4) is 0 Å². The van der Waals surface area contributed by atoms with E-state index in [4.69, 9.17) is 0 Å². The summed E-state index contributed by atoms with van der Waals surface area (Å²) in [6, 6.07) is 0. The van der Waals surface area contributed by atoms with Crippen molar-refractivity contribution in [1.82, 2.24) is 15.2 Å². The number of fused-ring (bicyclic) bond motifs is 1. The lowest BCUT2D eigenvalue weighted by molar-refractivity contribution is 0.600. The van der Waals surface area contributed by atoms with Gasteiger partial charge in [-0.25, -0.2) is 13.4 Å². The lowest BCUT2D eigenvalue weighted by Crippen LogP contribution is -2.13. The van der Waals surface area contributed by atoms with E-state index in [9.17, 15) is 8.42 Å². The molecule has 0 spiro atoms. The van der Waals surface area contributed by atoms with Gasteiger partial charge in [-0.3, -0.25) is 9.82 Å². The topological polar surface area (TPSA) is 87.7 Å². The first-order valence-electron chi connectivity index (χ1n) is 6.07. The van der Waals surface area contributed by atoms with Crippen LogP contribution in [0.25, 0.3) is 0 Å². The Morgan fingerprint density at radius 2 is 2.16 bits per heavy atom. The van der Waals surface area contributed by atoms with Gasteiger partial charge >= 0.3 is 0 Å². The predicted octanol–water partition coefficient (Wildman–Crippen LogP) is 1.85. The van der Waals surface area contributed by atoms with E-state index < -0.39 is 10.0 Å². The van der Waals surface area contributed by atoms with Crippen LogP contribution in [0.2, 0.25) is 0 Å². The molecule has 0 aliphatic heterocycles. The number of nitrogens with zero attached hydrogens (tertiary/aromatic N) is 2. The molecule has 3 rings (SSSR count). The Labute approximate surface area is 115 Å². The largest absolute Gasteiger partial charge is 0.281 e. The molecule has 19 heavy (non-hydrogen) atoms. The van der Waals surface area contributed by atoms with E-state index in [0.29, 0.717) is 10.8 Å². The van der Waals surface area contributed by atoms with Gasteiger partial charge in [-0.2, -0.15) is 5.10 Å². The Balaban J connectivity index is 1.89. The molecule has 8 heteroatoms. The molecule has 0 fully saturated rings. The van der Waals surface area contributed by atoms with Gasteiger partial charge in [0, 0.05) is 4.88 Å². The summed E-state index contributed by atoms with van der Waals surface area (Å²) in [5.74, 6) is 0. The quantitative estimate of drug-likeness (QED) is 0.905. The Bertz CT molecular complexity index is 679. The molecule has 1 aliphatic carbocycles. The number of aromatic amines is 1. The number of aromatic nitrogens is 3. The van der Waals surface area contributed by atoms with Gasteiger partial charge in [0.15, 0.2) is 5.13 Å². The summed E-state index contributed by atoms with van der Waals surface area (Å²) in [5, 5.41) is 6.81. The van der Waals surface area contributed by atoms with Crippen molar-refractivity contribution in [2.45, 2.75) is 37.5 Å². The molecular weight excluding hydrogens is 284 g/mol. The summed E-state index contributed by atoms with van der Waals surface area (Å²) in [5.41, 5.74) is 1.56. The number of nitrogens with one attached hydrogen (secondary N) is 2. The Hall–Kier alpha value is -1.41. The zero-order valence-corrected chi connectivity index (χ0v) is 12.1. The van der Waals surface area contributed by atoms with Crippen LogP contribution in [0, 0.1) is 6.92 Å². The summed E-state index contributed by atoms with van der Waals surface area (Å²) in [7, 11) is -3.60. The highest BCUT2D eigenvalue weighted by Crippen LogP contribution is 2.30. The number of aryl methyl sites for hydroxylation is 3. The third-order valence-corrected chi connectivity index (χ3v) is 5.80. The minimum atomic E-state index is -3.60. The lowest BCUT2D eigenvalue weighted by Gasteiger charge is -2.06. The van der Waals surface area contributed by atoms with Crippen LogP contribution in [0.3, 0.4) is 0 Å². The first-order valence-corrected chi connectivity index (χ1v) is 8.37. The van der Waals surface area contributed by atoms with Crippen molar-refractivity contribution in [2.24, 2.45) is 0 Å². The van der Waals surface area contributed by atoms with Crippen LogP contribution in [-0.2, 0) is 22.9 Å².